The second-order valence-electron chi connectivity index (χ2n) is 4.73. The van der Waals surface area contributed by atoms with Gasteiger partial charge in [0.25, 0.3) is 0 Å². The van der Waals surface area contributed by atoms with Crippen molar-refractivity contribution in [3.05, 3.63) is 17.5 Å². The molecule has 0 aliphatic carbocycles. The third kappa shape index (κ3) is 2.91. The van der Waals surface area contributed by atoms with Crippen molar-refractivity contribution < 1.29 is 4.79 Å². The summed E-state index contributed by atoms with van der Waals surface area (Å²) in [6.07, 6.45) is 0.578. The third-order valence-corrected chi connectivity index (χ3v) is 2.29. The molecule has 0 aromatic carbocycles. The van der Waals surface area contributed by atoms with Gasteiger partial charge in [-0.1, -0.05) is 13.8 Å². The zero-order valence-corrected chi connectivity index (χ0v) is 10.2. The van der Waals surface area contributed by atoms with Gasteiger partial charge < -0.3 is 0 Å². The minimum absolute atomic E-state index is 0.146. The predicted octanol–water partition coefficient (Wildman–Crippen LogP) is 3.00. The second kappa shape index (κ2) is 4.60. The van der Waals surface area contributed by atoms with Gasteiger partial charge in [0.1, 0.15) is 5.69 Å². The predicted molar refractivity (Wildman–Crippen MR) is 61.1 cm³/mol. The average Bonchev–Trinajstić information content (AvgIpc) is 2.46. The molecule has 84 valence electrons. The summed E-state index contributed by atoms with van der Waals surface area (Å²) in [6, 6.07) is 2.19. The second-order valence-corrected chi connectivity index (χ2v) is 4.73. The molecule has 1 aromatic heterocycles. The molecule has 1 aromatic rings. The molecule has 0 saturated carbocycles. The average molecular weight is 208 g/mol. The summed E-state index contributed by atoms with van der Waals surface area (Å²) in [5.41, 5.74) is 1.66. The SMILES string of the molecule is Cc1cc(C(=O)CC(C)C)nn1C(C)C. The van der Waals surface area contributed by atoms with Gasteiger partial charge in [0.15, 0.2) is 5.78 Å². The van der Waals surface area contributed by atoms with E-state index in [4.69, 9.17) is 0 Å². The van der Waals surface area contributed by atoms with E-state index in [1.807, 2.05) is 31.5 Å². The van der Waals surface area contributed by atoms with E-state index in [0.29, 0.717) is 24.1 Å². The molecule has 1 heterocycles. The molecule has 1 rings (SSSR count). The Morgan fingerprint density at radius 2 is 2.00 bits per heavy atom. The van der Waals surface area contributed by atoms with Crippen LogP contribution in [-0.4, -0.2) is 15.6 Å². The molecule has 3 nitrogen and oxygen atoms in total. The summed E-state index contributed by atoms with van der Waals surface area (Å²) in [5, 5.41) is 4.33. The Bertz CT molecular complexity index is 351. The Labute approximate surface area is 91.5 Å². The van der Waals surface area contributed by atoms with Crippen molar-refractivity contribution in [1.82, 2.24) is 9.78 Å². The summed E-state index contributed by atoms with van der Waals surface area (Å²) >= 11 is 0. The molecule has 0 radical (unpaired) electrons. The van der Waals surface area contributed by atoms with Crippen molar-refractivity contribution in [3.63, 3.8) is 0 Å². The van der Waals surface area contributed by atoms with Gasteiger partial charge in [-0.2, -0.15) is 5.10 Å². The van der Waals surface area contributed by atoms with Crippen LogP contribution in [0.5, 0.6) is 0 Å². The molecule has 0 fully saturated rings. The summed E-state index contributed by atoms with van der Waals surface area (Å²) in [6.45, 7) is 10.2. The van der Waals surface area contributed by atoms with Crippen LogP contribution < -0.4 is 0 Å². The van der Waals surface area contributed by atoms with Gasteiger partial charge in [0.2, 0.25) is 0 Å². The van der Waals surface area contributed by atoms with E-state index in [1.54, 1.807) is 0 Å². The maximum atomic E-state index is 11.8. The van der Waals surface area contributed by atoms with Gasteiger partial charge in [-0.3, -0.25) is 9.48 Å². The largest absolute Gasteiger partial charge is 0.292 e. The maximum absolute atomic E-state index is 11.8. The first-order valence-corrected chi connectivity index (χ1v) is 5.51. The number of nitrogens with zero attached hydrogens (tertiary/aromatic N) is 2. The van der Waals surface area contributed by atoms with E-state index < -0.39 is 0 Å². The van der Waals surface area contributed by atoms with E-state index in [9.17, 15) is 4.79 Å². The van der Waals surface area contributed by atoms with Crippen molar-refractivity contribution in [2.45, 2.75) is 47.1 Å². The highest BCUT2D eigenvalue weighted by atomic mass is 16.1. The van der Waals surface area contributed by atoms with Gasteiger partial charge in [0, 0.05) is 18.2 Å². The molecule has 0 spiro atoms. The topological polar surface area (TPSA) is 34.9 Å². The summed E-state index contributed by atoms with van der Waals surface area (Å²) in [7, 11) is 0. The van der Waals surface area contributed by atoms with E-state index in [1.165, 1.54) is 0 Å². The molecule has 0 bridgehead atoms. The molecular weight excluding hydrogens is 188 g/mol. The number of aromatic nitrogens is 2. The Kier molecular flexibility index (Phi) is 3.66. The minimum Gasteiger partial charge on any atom is -0.292 e. The molecule has 0 saturated heterocycles. The third-order valence-electron chi connectivity index (χ3n) is 2.29. The fourth-order valence-corrected chi connectivity index (χ4v) is 1.62. The molecule has 0 aliphatic rings. The molecule has 3 heteroatoms. The Morgan fingerprint density at radius 3 is 2.40 bits per heavy atom. The van der Waals surface area contributed by atoms with Gasteiger partial charge in [-0.05, 0) is 32.8 Å². The van der Waals surface area contributed by atoms with Crippen LogP contribution in [0.15, 0.2) is 6.07 Å². The Hall–Kier alpha value is -1.12. The van der Waals surface area contributed by atoms with Gasteiger partial charge in [-0.15, -0.1) is 0 Å². The lowest BCUT2D eigenvalue weighted by molar-refractivity contribution is 0.0962. The smallest absolute Gasteiger partial charge is 0.183 e. The maximum Gasteiger partial charge on any atom is 0.183 e. The molecule has 0 aliphatic heterocycles. The Morgan fingerprint density at radius 1 is 1.40 bits per heavy atom. The Balaban J connectivity index is 2.87. The van der Waals surface area contributed by atoms with Crippen LogP contribution in [-0.2, 0) is 0 Å². The first-order valence-electron chi connectivity index (χ1n) is 5.51. The van der Waals surface area contributed by atoms with Gasteiger partial charge in [0.05, 0.1) is 0 Å². The standard InChI is InChI=1S/C12H20N2O/c1-8(2)6-12(15)11-7-10(5)14(13-11)9(3)4/h7-9H,6H2,1-5H3. The van der Waals surface area contributed by atoms with Crippen LogP contribution in [0.4, 0.5) is 0 Å². The van der Waals surface area contributed by atoms with Crippen molar-refractivity contribution in [1.29, 1.82) is 0 Å². The zero-order valence-electron chi connectivity index (χ0n) is 10.2. The van der Waals surface area contributed by atoms with Crippen molar-refractivity contribution in [3.8, 4) is 0 Å². The summed E-state index contributed by atoms with van der Waals surface area (Å²) in [4.78, 5) is 11.8. The van der Waals surface area contributed by atoms with Crippen molar-refractivity contribution >= 4 is 5.78 Å². The lowest BCUT2D eigenvalue weighted by Crippen LogP contribution is -2.08. The number of hydrogen-bond donors (Lipinski definition) is 0. The summed E-state index contributed by atoms with van der Waals surface area (Å²) < 4.78 is 1.90. The number of Topliss-reactive ketones (excluding diaryl/α,β-unsaturated/α-hetero) is 1. The number of hydrogen-bond acceptors (Lipinski definition) is 2. The first kappa shape index (κ1) is 12.0. The fraction of sp³-hybridized carbons (Fsp3) is 0.667. The lowest BCUT2D eigenvalue weighted by atomic mass is 10.1. The van der Waals surface area contributed by atoms with Crippen LogP contribution >= 0.6 is 0 Å². The molecule has 15 heavy (non-hydrogen) atoms. The molecule has 0 amide bonds. The number of rotatable bonds is 4. The van der Waals surface area contributed by atoms with Crippen LogP contribution in [0.25, 0.3) is 0 Å². The highest BCUT2D eigenvalue weighted by molar-refractivity contribution is 5.94. The number of ketones is 1. The normalized spacial score (nSPS) is 11.4. The molecule has 0 atom stereocenters. The van der Waals surface area contributed by atoms with Crippen molar-refractivity contribution in [2.75, 3.05) is 0 Å². The van der Waals surface area contributed by atoms with E-state index in [-0.39, 0.29) is 5.78 Å². The molecular formula is C12H20N2O. The fourth-order valence-electron chi connectivity index (χ4n) is 1.62. The van der Waals surface area contributed by atoms with E-state index in [2.05, 4.69) is 18.9 Å². The van der Waals surface area contributed by atoms with Gasteiger partial charge in [-0.25, -0.2) is 0 Å². The first-order chi connectivity index (χ1) is 6.91. The van der Waals surface area contributed by atoms with Crippen LogP contribution in [0.1, 0.15) is 56.3 Å². The molecule has 0 N–H and O–H groups in total. The zero-order chi connectivity index (χ0) is 11.6. The monoisotopic (exact) mass is 208 g/mol. The van der Waals surface area contributed by atoms with E-state index >= 15 is 0 Å². The van der Waals surface area contributed by atoms with Crippen LogP contribution in [0.3, 0.4) is 0 Å². The highest BCUT2D eigenvalue weighted by Gasteiger charge is 2.14. The van der Waals surface area contributed by atoms with Crippen LogP contribution in [0.2, 0.25) is 0 Å². The number of carbonyl (C=O) groups excluding carboxylic acids is 1. The quantitative estimate of drug-likeness (QED) is 0.713. The lowest BCUT2D eigenvalue weighted by Gasteiger charge is -2.07. The van der Waals surface area contributed by atoms with Crippen LogP contribution in [0, 0.1) is 12.8 Å². The van der Waals surface area contributed by atoms with Gasteiger partial charge >= 0.3 is 0 Å². The van der Waals surface area contributed by atoms with E-state index in [0.717, 1.165) is 5.69 Å². The number of carbonyl (C=O) groups is 1. The summed E-state index contributed by atoms with van der Waals surface area (Å²) in [5.74, 6) is 0.537. The molecule has 0 unspecified atom stereocenters. The highest BCUT2D eigenvalue weighted by Crippen LogP contribution is 2.13. The van der Waals surface area contributed by atoms with Crippen molar-refractivity contribution in [2.24, 2.45) is 5.92 Å². The number of aryl methyl sites for hydroxylation is 1. The minimum atomic E-state index is 0.146.